The number of benzene rings is 1. The van der Waals surface area contributed by atoms with E-state index < -0.39 is 0 Å². The average Bonchev–Trinajstić information content (AvgIpc) is 2.61. The third-order valence-electron chi connectivity index (χ3n) is 4.84. The van der Waals surface area contributed by atoms with E-state index in [2.05, 4.69) is 17.6 Å². The summed E-state index contributed by atoms with van der Waals surface area (Å²) in [6, 6.07) is 6.90. The van der Waals surface area contributed by atoms with Crippen LogP contribution in [0.4, 0.5) is 4.39 Å². The summed E-state index contributed by atoms with van der Waals surface area (Å²) in [6.07, 6.45) is 4.33. The van der Waals surface area contributed by atoms with Crippen LogP contribution in [0, 0.1) is 5.82 Å². The van der Waals surface area contributed by atoms with Crippen molar-refractivity contribution < 1.29 is 13.9 Å². The number of halogens is 1. The van der Waals surface area contributed by atoms with Crippen LogP contribution in [0.15, 0.2) is 29.3 Å². The van der Waals surface area contributed by atoms with Crippen molar-refractivity contribution in [1.82, 2.24) is 10.6 Å². The molecule has 0 amide bonds. The number of hydrogen-bond donors (Lipinski definition) is 2. The standard InChI is InChI=1S/C20H32FN3O2/c1-3-22-19(23-12-5-13-26-15-14-25-2)24-16-20(10-4-11-20)17-6-8-18(21)9-7-17/h6-9H,3-5,10-16H2,1-2H3,(H2,22,23,24). The van der Waals surface area contributed by atoms with Crippen LogP contribution in [0.2, 0.25) is 0 Å². The number of ether oxygens (including phenoxy) is 2. The summed E-state index contributed by atoms with van der Waals surface area (Å²) in [5, 5.41) is 6.65. The minimum absolute atomic E-state index is 0.0549. The smallest absolute Gasteiger partial charge is 0.191 e. The maximum atomic E-state index is 13.2. The van der Waals surface area contributed by atoms with Crippen LogP contribution in [0.1, 0.15) is 38.2 Å². The Bertz CT molecular complexity index is 544. The van der Waals surface area contributed by atoms with E-state index in [1.54, 1.807) is 19.2 Å². The number of nitrogens with one attached hydrogen (secondary N) is 2. The third-order valence-corrected chi connectivity index (χ3v) is 4.84. The first kappa shape index (κ1) is 20.6. The maximum Gasteiger partial charge on any atom is 0.191 e. The molecule has 0 atom stereocenters. The summed E-state index contributed by atoms with van der Waals surface area (Å²) in [6.45, 7) is 6.37. The predicted molar refractivity (Wildman–Crippen MR) is 103 cm³/mol. The van der Waals surface area contributed by atoms with E-state index in [9.17, 15) is 4.39 Å². The third kappa shape index (κ3) is 6.25. The lowest BCUT2D eigenvalue weighted by Gasteiger charge is -2.41. The lowest BCUT2D eigenvalue weighted by atomic mass is 9.64. The normalized spacial score (nSPS) is 16.2. The molecular weight excluding hydrogens is 333 g/mol. The van der Waals surface area contributed by atoms with Crippen molar-refractivity contribution in [1.29, 1.82) is 0 Å². The molecule has 5 nitrogen and oxygen atoms in total. The minimum atomic E-state index is -0.186. The van der Waals surface area contributed by atoms with Gasteiger partial charge in [0.15, 0.2) is 5.96 Å². The number of aliphatic imine (C=N–C) groups is 1. The average molecular weight is 365 g/mol. The van der Waals surface area contributed by atoms with Crippen molar-refractivity contribution in [3.05, 3.63) is 35.6 Å². The SMILES string of the molecule is CCNC(=NCC1(c2ccc(F)cc2)CCC1)NCCCOCCOC. The summed E-state index contributed by atoms with van der Waals surface area (Å²) >= 11 is 0. The topological polar surface area (TPSA) is 54.9 Å². The van der Waals surface area contributed by atoms with E-state index in [0.29, 0.717) is 19.8 Å². The van der Waals surface area contributed by atoms with Crippen LogP contribution in [-0.2, 0) is 14.9 Å². The van der Waals surface area contributed by atoms with Gasteiger partial charge in [0.25, 0.3) is 0 Å². The molecule has 0 bridgehead atoms. The van der Waals surface area contributed by atoms with E-state index >= 15 is 0 Å². The summed E-state index contributed by atoms with van der Waals surface area (Å²) in [4.78, 5) is 4.79. The quantitative estimate of drug-likeness (QED) is 0.360. The van der Waals surface area contributed by atoms with Crippen LogP contribution < -0.4 is 10.6 Å². The zero-order valence-electron chi connectivity index (χ0n) is 16.0. The molecule has 0 aromatic heterocycles. The fourth-order valence-corrected chi connectivity index (χ4v) is 3.14. The molecule has 0 saturated heterocycles. The van der Waals surface area contributed by atoms with Gasteiger partial charge in [0.2, 0.25) is 0 Å². The Morgan fingerprint density at radius 1 is 1.15 bits per heavy atom. The van der Waals surface area contributed by atoms with Crippen LogP contribution >= 0.6 is 0 Å². The Morgan fingerprint density at radius 3 is 2.54 bits per heavy atom. The first-order chi connectivity index (χ1) is 12.7. The van der Waals surface area contributed by atoms with E-state index in [4.69, 9.17) is 14.5 Å². The van der Waals surface area contributed by atoms with E-state index in [1.165, 1.54) is 12.0 Å². The molecule has 1 aromatic carbocycles. The highest BCUT2D eigenvalue weighted by Crippen LogP contribution is 2.43. The second-order valence-corrected chi connectivity index (χ2v) is 6.72. The first-order valence-electron chi connectivity index (χ1n) is 9.55. The van der Waals surface area contributed by atoms with Crippen molar-refractivity contribution in [3.63, 3.8) is 0 Å². The van der Waals surface area contributed by atoms with Crippen molar-refractivity contribution in [3.8, 4) is 0 Å². The molecule has 6 heteroatoms. The lowest BCUT2D eigenvalue weighted by molar-refractivity contribution is 0.0698. The van der Waals surface area contributed by atoms with Gasteiger partial charge in [0.1, 0.15) is 5.82 Å². The predicted octanol–water partition coefficient (Wildman–Crippen LogP) is 2.86. The zero-order chi connectivity index (χ0) is 18.7. The molecule has 2 N–H and O–H groups in total. The summed E-state index contributed by atoms with van der Waals surface area (Å²) in [5.41, 5.74) is 1.25. The Kier molecular flexibility index (Phi) is 8.85. The minimum Gasteiger partial charge on any atom is -0.382 e. The molecule has 0 unspecified atom stereocenters. The van der Waals surface area contributed by atoms with Gasteiger partial charge >= 0.3 is 0 Å². The van der Waals surface area contributed by atoms with Crippen molar-refractivity contribution >= 4 is 5.96 Å². The molecule has 0 aliphatic heterocycles. The highest BCUT2D eigenvalue weighted by Gasteiger charge is 2.38. The summed E-state index contributed by atoms with van der Waals surface area (Å²) in [5.74, 6) is 0.646. The second-order valence-electron chi connectivity index (χ2n) is 6.72. The molecule has 2 rings (SSSR count). The van der Waals surface area contributed by atoms with Crippen LogP contribution in [0.3, 0.4) is 0 Å². The largest absolute Gasteiger partial charge is 0.382 e. The molecule has 0 heterocycles. The zero-order valence-corrected chi connectivity index (χ0v) is 16.0. The number of rotatable bonds is 11. The van der Waals surface area contributed by atoms with Crippen LogP contribution in [0.5, 0.6) is 0 Å². The Hall–Kier alpha value is -1.66. The van der Waals surface area contributed by atoms with Crippen molar-refractivity contribution in [2.45, 2.75) is 38.0 Å². The number of methoxy groups -OCH3 is 1. The summed E-state index contributed by atoms with van der Waals surface area (Å²) < 4.78 is 23.6. The van der Waals surface area contributed by atoms with Gasteiger partial charge in [-0.1, -0.05) is 18.6 Å². The maximum absolute atomic E-state index is 13.2. The van der Waals surface area contributed by atoms with Gasteiger partial charge in [-0.15, -0.1) is 0 Å². The van der Waals surface area contributed by atoms with Crippen LogP contribution in [0.25, 0.3) is 0 Å². The first-order valence-corrected chi connectivity index (χ1v) is 9.55. The number of guanidine groups is 1. The van der Waals surface area contributed by atoms with Crippen LogP contribution in [-0.4, -0.2) is 52.5 Å². The molecule has 1 fully saturated rings. The van der Waals surface area contributed by atoms with Crippen molar-refractivity contribution in [2.24, 2.45) is 4.99 Å². The number of nitrogens with zero attached hydrogens (tertiary/aromatic N) is 1. The molecule has 146 valence electrons. The highest BCUT2D eigenvalue weighted by atomic mass is 19.1. The molecule has 0 spiro atoms. The number of hydrogen-bond acceptors (Lipinski definition) is 3. The van der Waals surface area contributed by atoms with Crippen molar-refractivity contribution in [2.75, 3.05) is 46.6 Å². The molecule has 1 aliphatic carbocycles. The fourth-order valence-electron chi connectivity index (χ4n) is 3.14. The molecule has 1 saturated carbocycles. The molecule has 26 heavy (non-hydrogen) atoms. The Balaban J connectivity index is 1.83. The molecule has 1 aliphatic rings. The van der Waals surface area contributed by atoms with Gasteiger partial charge in [0.05, 0.1) is 19.8 Å². The summed E-state index contributed by atoms with van der Waals surface area (Å²) in [7, 11) is 1.67. The Morgan fingerprint density at radius 2 is 1.92 bits per heavy atom. The van der Waals surface area contributed by atoms with Gasteiger partial charge in [-0.05, 0) is 43.9 Å². The molecule has 0 radical (unpaired) electrons. The van der Waals surface area contributed by atoms with Gasteiger partial charge < -0.3 is 20.1 Å². The van der Waals surface area contributed by atoms with Gasteiger partial charge in [-0.3, -0.25) is 4.99 Å². The Labute approximate surface area is 156 Å². The fraction of sp³-hybridized carbons (Fsp3) is 0.650. The highest BCUT2D eigenvalue weighted by molar-refractivity contribution is 5.79. The monoisotopic (exact) mass is 365 g/mol. The van der Waals surface area contributed by atoms with Gasteiger partial charge in [-0.25, -0.2) is 4.39 Å². The lowest BCUT2D eigenvalue weighted by Crippen LogP contribution is -2.42. The van der Waals surface area contributed by atoms with Gasteiger partial charge in [-0.2, -0.15) is 0 Å². The van der Waals surface area contributed by atoms with Gasteiger partial charge in [0, 0.05) is 32.2 Å². The van der Waals surface area contributed by atoms with E-state index in [-0.39, 0.29) is 11.2 Å². The molecular formula is C20H32FN3O2. The van der Waals surface area contributed by atoms with E-state index in [0.717, 1.165) is 44.9 Å². The second kappa shape index (κ2) is 11.1. The molecule has 1 aromatic rings. The van der Waals surface area contributed by atoms with E-state index in [1.807, 2.05) is 12.1 Å².